The van der Waals surface area contributed by atoms with Crippen LogP contribution in [0.3, 0.4) is 0 Å². The number of nitrogens with zero attached hydrogens (tertiary/aromatic N) is 1. The lowest BCUT2D eigenvalue weighted by atomic mass is 10.1. The average Bonchev–Trinajstić information content (AvgIpc) is 2.37. The van der Waals surface area contributed by atoms with Crippen LogP contribution in [0.1, 0.15) is 27.7 Å². The van der Waals surface area contributed by atoms with E-state index in [1.54, 1.807) is 4.90 Å². The first kappa shape index (κ1) is 14.4. The fourth-order valence-corrected chi connectivity index (χ4v) is 2.40. The van der Waals surface area contributed by atoms with E-state index in [2.05, 4.69) is 0 Å². The predicted octanol–water partition coefficient (Wildman–Crippen LogP) is 4.46. The highest BCUT2D eigenvalue weighted by Gasteiger charge is 2.22. The first-order chi connectivity index (χ1) is 9.49. The number of carbonyl (C=O) groups excluding carboxylic acids is 1. The molecule has 0 saturated heterocycles. The van der Waals surface area contributed by atoms with Gasteiger partial charge < -0.3 is 9.64 Å². The normalized spacial score (nSPS) is 11.1. The SMILES string of the molecule is CC(C)N(C(=O)Oc1ccc2ccccc2c1)C(C)C. The van der Waals surface area contributed by atoms with Crippen molar-refractivity contribution in [3.8, 4) is 5.75 Å². The molecule has 0 heterocycles. The molecule has 20 heavy (non-hydrogen) atoms. The molecule has 0 fully saturated rings. The minimum absolute atomic E-state index is 0.114. The quantitative estimate of drug-likeness (QED) is 0.825. The van der Waals surface area contributed by atoms with Gasteiger partial charge in [-0.3, -0.25) is 0 Å². The molecule has 1 amide bonds. The number of ether oxygens (including phenoxy) is 1. The van der Waals surface area contributed by atoms with Crippen LogP contribution in [0, 0.1) is 0 Å². The summed E-state index contributed by atoms with van der Waals surface area (Å²) in [5.74, 6) is 0.583. The van der Waals surface area contributed by atoms with Crippen molar-refractivity contribution in [1.29, 1.82) is 0 Å². The Hall–Kier alpha value is -2.03. The minimum atomic E-state index is -0.301. The van der Waals surface area contributed by atoms with Crippen molar-refractivity contribution in [2.24, 2.45) is 0 Å². The first-order valence-electron chi connectivity index (χ1n) is 6.98. The summed E-state index contributed by atoms with van der Waals surface area (Å²) >= 11 is 0. The van der Waals surface area contributed by atoms with Crippen LogP contribution in [0.4, 0.5) is 4.79 Å². The molecule has 2 aromatic carbocycles. The number of benzene rings is 2. The Morgan fingerprint density at radius 1 is 0.950 bits per heavy atom. The molecule has 0 spiro atoms. The number of carbonyl (C=O) groups is 1. The lowest BCUT2D eigenvalue weighted by Gasteiger charge is -2.29. The van der Waals surface area contributed by atoms with Crippen LogP contribution >= 0.6 is 0 Å². The van der Waals surface area contributed by atoms with Crippen LogP contribution in [0.2, 0.25) is 0 Å². The van der Waals surface area contributed by atoms with Gasteiger partial charge in [0.15, 0.2) is 0 Å². The monoisotopic (exact) mass is 271 g/mol. The van der Waals surface area contributed by atoms with Gasteiger partial charge in [-0.05, 0) is 50.6 Å². The molecular formula is C17H21NO2. The topological polar surface area (TPSA) is 29.5 Å². The summed E-state index contributed by atoms with van der Waals surface area (Å²) < 4.78 is 5.49. The number of hydrogen-bond donors (Lipinski definition) is 0. The largest absolute Gasteiger partial charge is 0.415 e. The lowest BCUT2D eigenvalue weighted by molar-refractivity contribution is 0.123. The zero-order valence-electron chi connectivity index (χ0n) is 12.5. The van der Waals surface area contributed by atoms with Crippen LogP contribution in [0.25, 0.3) is 10.8 Å². The second-order valence-electron chi connectivity index (χ2n) is 5.47. The number of amides is 1. The van der Waals surface area contributed by atoms with Crippen molar-refractivity contribution in [3.05, 3.63) is 42.5 Å². The zero-order chi connectivity index (χ0) is 14.7. The van der Waals surface area contributed by atoms with E-state index in [9.17, 15) is 4.79 Å². The molecule has 2 rings (SSSR count). The molecule has 0 bridgehead atoms. The Bertz CT molecular complexity index is 597. The molecule has 0 saturated carbocycles. The minimum Gasteiger partial charge on any atom is -0.410 e. The van der Waals surface area contributed by atoms with Gasteiger partial charge in [0, 0.05) is 12.1 Å². The van der Waals surface area contributed by atoms with Gasteiger partial charge >= 0.3 is 6.09 Å². The molecule has 0 unspecified atom stereocenters. The predicted molar refractivity (Wildman–Crippen MR) is 82.1 cm³/mol. The summed E-state index contributed by atoms with van der Waals surface area (Å²) in [6.07, 6.45) is -0.301. The Morgan fingerprint density at radius 2 is 1.55 bits per heavy atom. The summed E-state index contributed by atoms with van der Waals surface area (Å²) in [4.78, 5) is 14.0. The smallest absolute Gasteiger partial charge is 0.410 e. The van der Waals surface area contributed by atoms with Crippen LogP contribution < -0.4 is 4.74 Å². The highest BCUT2D eigenvalue weighted by atomic mass is 16.6. The molecule has 0 aromatic heterocycles. The molecular weight excluding hydrogens is 250 g/mol. The van der Waals surface area contributed by atoms with Crippen molar-refractivity contribution in [1.82, 2.24) is 4.90 Å². The average molecular weight is 271 g/mol. The number of rotatable bonds is 3. The van der Waals surface area contributed by atoms with E-state index in [-0.39, 0.29) is 18.2 Å². The van der Waals surface area contributed by atoms with Crippen molar-refractivity contribution < 1.29 is 9.53 Å². The second-order valence-corrected chi connectivity index (χ2v) is 5.47. The molecule has 3 heteroatoms. The third-order valence-corrected chi connectivity index (χ3v) is 3.25. The van der Waals surface area contributed by atoms with E-state index in [1.165, 1.54) is 0 Å². The van der Waals surface area contributed by atoms with Crippen LogP contribution in [0.5, 0.6) is 5.75 Å². The number of fused-ring (bicyclic) bond motifs is 1. The van der Waals surface area contributed by atoms with Crippen molar-refractivity contribution in [3.63, 3.8) is 0 Å². The molecule has 3 nitrogen and oxygen atoms in total. The van der Waals surface area contributed by atoms with Crippen molar-refractivity contribution in [2.45, 2.75) is 39.8 Å². The second kappa shape index (κ2) is 5.95. The fourth-order valence-electron chi connectivity index (χ4n) is 2.40. The maximum Gasteiger partial charge on any atom is 0.415 e. The van der Waals surface area contributed by atoms with Gasteiger partial charge in [0.25, 0.3) is 0 Å². The fraction of sp³-hybridized carbons (Fsp3) is 0.353. The Balaban J connectivity index is 2.20. The molecule has 2 aromatic rings. The molecule has 106 valence electrons. The molecule has 0 aliphatic carbocycles. The summed E-state index contributed by atoms with van der Waals surface area (Å²) in [7, 11) is 0. The summed E-state index contributed by atoms with van der Waals surface area (Å²) in [5, 5.41) is 2.20. The highest BCUT2D eigenvalue weighted by Crippen LogP contribution is 2.21. The van der Waals surface area contributed by atoms with E-state index in [1.807, 2.05) is 70.2 Å². The standard InChI is InChI=1S/C17H21NO2/c1-12(2)18(13(3)4)17(19)20-16-10-9-14-7-5-6-8-15(14)11-16/h5-13H,1-4H3. The Labute approximate surface area is 120 Å². The molecule has 0 N–H and O–H groups in total. The van der Waals surface area contributed by atoms with Gasteiger partial charge in [0.2, 0.25) is 0 Å². The van der Waals surface area contributed by atoms with Gasteiger partial charge in [-0.1, -0.05) is 30.3 Å². The summed E-state index contributed by atoms with van der Waals surface area (Å²) in [6.45, 7) is 7.95. The number of hydrogen-bond acceptors (Lipinski definition) is 2. The molecule has 0 aliphatic heterocycles. The third kappa shape index (κ3) is 3.10. The van der Waals surface area contributed by atoms with Crippen LogP contribution in [-0.2, 0) is 0 Å². The van der Waals surface area contributed by atoms with E-state index >= 15 is 0 Å². The van der Waals surface area contributed by atoms with Gasteiger partial charge in [0.05, 0.1) is 0 Å². The van der Waals surface area contributed by atoms with Gasteiger partial charge in [-0.15, -0.1) is 0 Å². The van der Waals surface area contributed by atoms with Gasteiger partial charge in [-0.2, -0.15) is 0 Å². The van der Waals surface area contributed by atoms with E-state index in [4.69, 9.17) is 4.74 Å². The van der Waals surface area contributed by atoms with Crippen molar-refractivity contribution in [2.75, 3.05) is 0 Å². The molecule has 0 atom stereocenters. The van der Waals surface area contributed by atoms with E-state index in [0.29, 0.717) is 5.75 Å². The van der Waals surface area contributed by atoms with Crippen LogP contribution in [-0.4, -0.2) is 23.1 Å². The maximum atomic E-state index is 12.2. The zero-order valence-corrected chi connectivity index (χ0v) is 12.5. The van der Waals surface area contributed by atoms with Gasteiger partial charge in [-0.25, -0.2) is 4.79 Å². The van der Waals surface area contributed by atoms with E-state index < -0.39 is 0 Å². The van der Waals surface area contributed by atoms with Crippen LogP contribution in [0.15, 0.2) is 42.5 Å². The molecule has 0 aliphatic rings. The van der Waals surface area contributed by atoms with Crippen molar-refractivity contribution >= 4 is 16.9 Å². The summed E-state index contributed by atoms with van der Waals surface area (Å²) in [5.41, 5.74) is 0. The highest BCUT2D eigenvalue weighted by molar-refractivity contribution is 5.84. The maximum absolute atomic E-state index is 12.2. The molecule has 0 radical (unpaired) electrons. The Morgan fingerprint density at radius 3 is 2.15 bits per heavy atom. The summed E-state index contributed by atoms with van der Waals surface area (Å²) in [6, 6.07) is 13.9. The van der Waals surface area contributed by atoms with Gasteiger partial charge in [0.1, 0.15) is 5.75 Å². The first-order valence-corrected chi connectivity index (χ1v) is 6.98. The third-order valence-electron chi connectivity index (χ3n) is 3.25. The Kier molecular flexibility index (Phi) is 4.28. The van der Waals surface area contributed by atoms with E-state index in [0.717, 1.165) is 10.8 Å². The lowest BCUT2D eigenvalue weighted by Crippen LogP contribution is -2.43.